The molecule has 0 fully saturated rings. The molecule has 1 heterocycles. The molecule has 0 aromatic heterocycles. The summed E-state index contributed by atoms with van der Waals surface area (Å²) in [6, 6.07) is 19.4. The molecule has 0 spiro atoms. The highest BCUT2D eigenvalue weighted by molar-refractivity contribution is 6.07. The van der Waals surface area contributed by atoms with Crippen LogP contribution in [0.5, 0.6) is 0 Å². The first-order valence-electron chi connectivity index (χ1n) is 7.35. The number of halogens is 1. The number of benzene rings is 2. The van der Waals surface area contributed by atoms with Gasteiger partial charge in [0.15, 0.2) is 0 Å². The molecule has 2 aromatic carbocycles. The smallest absolute Gasteiger partial charge is 0.260 e. The van der Waals surface area contributed by atoms with Crippen molar-refractivity contribution in [2.45, 2.75) is 6.92 Å². The molecule has 1 aliphatic heterocycles. The first-order valence-corrected chi connectivity index (χ1v) is 8.58. The molecule has 128 valence electrons. The normalized spacial score (nSPS) is 14.5. The summed E-state index contributed by atoms with van der Waals surface area (Å²) in [4.78, 5) is 2.40. The van der Waals surface area contributed by atoms with E-state index in [-0.39, 0.29) is 0 Å². The molecule has 0 N–H and O–H groups in total. The molecule has 7 heteroatoms. The van der Waals surface area contributed by atoms with Crippen LogP contribution in [0.4, 0.5) is 5.69 Å². The minimum absolute atomic E-state index is 1.05. The Morgan fingerprint density at radius 2 is 1.46 bits per heavy atom. The van der Waals surface area contributed by atoms with E-state index in [0.29, 0.717) is 0 Å². The number of amidine groups is 1. The van der Waals surface area contributed by atoms with Crippen molar-refractivity contribution >= 4 is 11.5 Å². The van der Waals surface area contributed by atoms with Gasteiger partial charge in [0, 0.05) is 0 Å². The van der Waals surface area contributed by atoms with Gasteiger partial charge >= 0.3 is 0 Å². The first kappa shape index (κ1) is 18.4. The number of anilines is 1. The van der Waals surface area contributed by atoms with E-state index in [1.165, 1.54) is 22.6 Å². The number of aryl methyl sites for hydroxylation is 1. The molecule has 1 aliphatic rings. The van der Waals surface area contributed by atoms with Crippen LogP contribution in [0.15, 0.2) is 54.6 Å². The van der Waals surface area contributed by atoms with Gasteiger partial charge in [0.25, 0.3) is 5.84 Å². The Hall–Kier alpha value is -1.96. The second-order valence-electron chi connectivity index (χ2n) is 5.48. The van der Waals surface area contributed by atoms with Crippen LogP contribution in [0.2, 0.25) is 0 Å². The SMILES string of the molecule is Cc1ccc(N2CC[N+](C)=C2c2ccccc2)cc1.[O-][Cl+3]([O-])([O-])[O-]. The van der Waals surface area contributed by atoms with Crippen LogP contribution in [0, 0.1) is 17.2 Å². The van der Waals surface area contributed by atoms with Crippen molar-refractivity contribution < 1.29 is 33.5 Å². The van der Waals surface area contributed by atoms with Crippen LogP contribution in [0.3, 0.4) is 0 Å². The van der Waals surface area contributed by atoms with E-state index in [9.17, 15) is 0 Å². The van der Waals surface area contributed by atoms with E-state index in [1.807, 2.05) is 0 Å². The highest BCUT2D eigenvalue weighted by Gasteiger charge is 2.31. The average molecular weight is 351 g/mol. The minimum atomic E-state index is -4.94. The summed E-state index contributed by atoms with van der Waals surface area (Å²) in [5, 5.41) is 0. The van der Waals surface area contributed by atoms with Crippen LogP contribution < -0.4 is 23.5 Å². The maximum absolute atomic E-state index is 8.49. The Morgan fingerprint density at radius 1 is 0.917 bits per heavy atom. The van der Waals surface area contributed by atoms with Crippen molar-refractivity contribution in [1.82, 2.24) is 0 Å². The maximum atomic E-state index is 8.49. The summed E-state index contributed by atoms with van der Waals surface area (Å²) in [5.74, 6) is 1.30. The Balaban J connectivity index is 0.000000368. The Bertz CT molecular complexity index is 691. The number of hydrogen-bond donors (Lipinski definition) is 0. The van der Waals surface area contributed by atoms with Crippen LogP contribution in [0.1, 0.15) is 11.1 Å². The Kier molecular flexibility index (Phi) is 5.93. The van der Waals surface area contributed by atoms with E-state index in [4.69, 9.17) is 18.6 Å². The standard InChI is InChI=1S/C17H19N2.ClHO4/c1-14-8-10-16(11-9-14)19-13-12-18(2)17(19)15-6-4-3-5-7-15;2-1(3,4)5/h3-11H,12-13H2,1-2H3;(H,2,3,4,5)/q+1;/p-1. The highest BCUT2D eigenvalue weighted by atomic mass is 35.7. The second-order valence-corrected chi connectivity index (χ2v) is 6.23. The summed E-state index contributed by atoms with van der Waals surface area (Å²) >= 11 is 0. The van der Waals surface area contributed by atoms with Crippen LogP contribution >= 0.6 is 0 Å². The summed E-state index contributed by atoms with van der Waals surface area (Å²) in [7, 11) is -2.78. The van der Waals surface area contributed by atoms with Crippen molar-refractivity contribution in [3.05, 3.63) is 65.7 Å². The first-order chi connectivity index (χ1) is 11.3. The Morgan fingerprint density at radius 3 is 2.00 bits per heavy atom. The topological polar surface area (TPSA) is 98.5 Å². The van der Waals surface area contributed by atoms with Crippen LogP contribution in [-0.4, -0.2) is 30.5 Å². The molecule has 0 unspecified atom stereocenters. The molecule has 0 saturated heterocycles. The number of likely N-dealkylation sites (N-methyl/N-ethyl adjacent to an activating group) is 1. The van der Waals surface area contributed by atoms with E-state index >= 15 is 0 Å². The van der Waals surface area contributed by atoms with Gasteiger partial charge in [-0.15, -0.1) is 10.2 Å². The summed E-state index contributed by atoms with van der Waals surface area (Å²) in [6.45, 7) is 4.24. The van der Waals surface area contributed by atoms with Gasteiger partial charge in [-0.3, -0.25) is 4.58 Å². The molecule has 0 atom stereocenters. The molecule has 0 saturated carbocycles. The van der Waals surface area contributed by atoms with Crippen LogP contribution in [-0.2, 0) is 0 Å². The fourth-order valence-electron chi connectivity index (χ4n) is 2.61. The molecule has 6 nitrogen and oxygen atoms in total. The predicted octanol–water partition coefficient (Wildman–Crippen LogP) is -1.85. The molecular weight excluding hydrogens is 332 g/mol. The predicted molar refractivity (Wildman–Crippen MR) is 80.1 cm³/mol. The number of rotatable bonds is 2. The monoisotopic (exact) mass is 350 g/mol. The van der Waals surface area contributed by atoms with Crippen molar-refractivity contribution in [2.75, 3.05) is 25.0 Å². The molecule has 0 amide bonds. The fraction of sp³-hybridized carbons (Fsp3) is 0.235. The van der Waals surface area contributed by atoms with Crippen molar-refractivity contribution in [3.63, 3.8) is 0 Å². The third-order valence-electron chi connectivity index (χ3n) is 3.65. The zero-order valence-electron chi connectivity index (χ0n) is 13.5. The van der Waals surface area contributed by atoms with Crippen molar-refractivity contribution in [2.24, 2.45) is 0 Å². The molecule has 0 bridgehead atoms. The van der Waals surface area contributed by atoms with Gasteiger partial charge in [-0.25, -0.2) is 23.5 Å². The lowest BCUT2D eigenvalue weighted by atomic mass is 10.1. The number of hydrogen-bond acceptors (Lipinski definition) is 5. The van der Waals surface area contributed by atoms with E-state index < -0.39 is 10.2 Å². The zero-order valence-corrected chi connectivity index (χ0v) is 14.3. The summed E-state index contributed by atoms with van der Waals surface area (Å²) in [5.41, 5.74) is 3.86. The third kappa shape index (κ3) is 5.30. The third-order valence-corrected chi connectivity index (χ3v) is 3.65. The Labute approximate surface area is 143 Å². The van der Waals surface area contributed by atoms with Gasteiger partial charge in [0.1, 0.15) is 18.8 Å². The van der Waals surface area contributed by atoms with Crippen molar-refractivity contribution in [1.29, 1.82) is 0 Å². The lowest BCUT2D eigenvalue weighted by Gasteiger charge is -2.17. The molecule has 2 aromatic rings. The maximum Gasteiger partial charge on any atom is 0.284 e. The molecule has 0 radical (unpaired) electrons. The van der Waals surface area contributed by atoms with E-state index in [0.717, 1.165) is 13.1 Å². The summed E-state index contributed by atoms with van der Waals surface area (Å²) in [6.07, 6.45) is 0. The van der Waals surface area contributed by atoms with Gasteiger partial charge in [0.05, 0.1) is 12.6 Å². The van der Waals surface area contributed by atoms with E-state index in [1.54, 1.807) is 0 Å². The molecule has 0 aliphatic carbocycles. The van der Waals surface area contributed by atoms with Gasteiger partial charge in [0.2, 0.25) is 0 Å². The van der Waals surface area contributed by atoms with Crippen molar-refractivity contribution in [3.8, 4) is 0 Å². The quantitative estimate of drug-likeness (QED) is 0.592. The fourth-order valence-corrected chi connectivity index (χ4v) is 2.61. The van der Waals surface area contributed by atoms with Gasteiger partial charge in [-0.1, -0.05) is 35.9 Å². The highest BCUT2D eigenvalue weighted by Crippen LogP contribution is 2.20. The van der Waals surface area contributed by atoms with Crippen LogP contribution in [0.25, 0.3) is 0 Å². The minimum Gasteiger partial charge on any atom is -0.260 e. The summed E-state index contributed by atoms with van der Waals surface area (Å²) < 4.78 is 36.3. The lowest BCUT2D eigenvalue weighted by molar-refractivity contribution is -2.00. The lowest BCUT2D eigenvalue weighted by Crippen LogP contribution is -2.68. The molecule has 3 rings (SSSR count). The molecular formula is C17H19ClN2O4. The number of nitrogens with zero attached hydrogens (tertiary/aromatic N) is 2. The zero-order chi connectivity index (χ0) is 17.7. The average Bonchev–Trinajstić information content (AvgIpc) is 2.89. The van der Waals surface area contributed by atoms with Gasteiger partial charge < -0.3 is 0 Å². The van der Waals surface area contributed by atoms with E-state index in [2.05, 4.69) is 78.0 Å². The van der Waals surface area contributed by atoms with Gasteiger partial charge in [-0.05, 0) is 31.2 Å². The van der Waals surface area contributed by atoms with Gasteiger partial charge in [-0.2, -0.15) is 0 Å². The molecule has 24 heavy (non-hydrogen) atoms. The second kappa shape index (κ2) is 7.74. The largest absolute Gasteiger partial charge is 0.284 e.